The Hall–Kier alpha value is -0.950. The zero-order valence-electron chi connectivity index (χ0n) is 10.6. The molecule has 7 heteroatoms. The van der Waals surface area contributed by atoms with Crippen LogP contribution in [0.2, 0.25) is 0 Å². The third-order valence-corrected chi connectivity index (χ3v) is 4.38. The SMILES string of the molecule is CCCn1c([S@@](=O)C[C@@H]2CCCCO2)n[nH]c1=O. The largest absolute Gasteiger partial charge is 0.377 e. The van der Waals surface area contributed by atoms with Crippen molar-refractivity contribution in [2.24, 2.45) is 0 Å². The molecule has 0 saturated carbocycles. The van der Waals surface area contributed by atoms with Crippen LogP contribution in [-0.2, 0) is 22.1 Å². The van der Waals surface area contributed by atoms with Gasteiger partial charge in [0.2, 0.25) is 5.16 Å². The van der Waals surface area contributed by atoms with E-state index in [9.17, 15) is 9.00 Å². The lowest BCUT2D eigenvalue weighted by atomic mass is 10.1. The maximum Gasteiger partial charge on any atom is 0.344 e. The molecule has 0 spiro atoms. The molecular weight excluding hydrogens is 254 g/mol. The van der Waals surface area contributed by atoms with Gasteiger partial charge in [0.25, 0.3) is 0 Å². The Balaban J connectivity index is 2.06. The van der Waals surface area contributed by atoms with Gasteiger partial charge in [-0.15, -0.1) is 5.10 Å². The van der Waals surface area contributed by atoms with E-state index in [0.717, 1.165) is 32.3 Å². The Morgan fingerprint density at radius 3 is 3.06 bits per heavy atom. The Bertz CT molecular complexity index is 462. The van der Waals surface area contributed by atoms with Crippen molar-refractivity contribution in [2.75, 3.05) is 12.4 Å². The van der Waals surface area contributed by atoms with Crippen molar-refractivity contribution < 1.29 is 8.95 Å². The van der Waals surface area contributed by atoms with Gasteiger partial charge in [-0.3, -0.25) is 8.78 Å². The fourth-order valence-corrected chi connectivity index (χ4v) is 3.40. The molecule has 102 valence electrons. The molecule has 0 aromatic carbocycles. The van der Waals surface area contributed by atoms with Gasteiger partial charge in [-0.2, -0.15) is 0 Å². The van der Waals surface area contributed by atoms with Crippen molar-refractivity contribution in [3.63, 3.8) is 0 Å². The molecule has 18 heavy (non-hydrogen) atoms. The molecule has 1 saturated heterocycles. The van der Waals surface area contributed by atoms with Gasteiger partial charge in [0.1, 0.15) is 0 Å². The normalized spacial score (nSPS) is 21.9. The monoisotopic (exact) mass is 273 g/mol. The van der Waals surface area contributed by atoms with E-state index in [4.69, 9.17) is 4.74 Å². The molecule has 1 aliphatic heterocycles. The Morgan fingerprint density at radius 2 is 2.39 bits per heavy atom. The first-order chi connectivity index (χ1) is 8.72. The Kier molecular flexibility index (Phi) is 4.71. The lowest BCUT2D eigenvalue weighted by Gasteiger charge is -2.21. The molecule has 2 atom stereocenters. The van der Waals surface area contributed by atoms with Crippen LogP contribution in [0.25, 0.3) is 0 Å². The Labute approximate surface area is 108 Å². The number of H-pyrrole nitrogens is 1. The summed E-state index contributed by atoms with van der Waals surface area (Å²) >= 11 is 0. The number of aromatic nitrogens is 3. The van der Waals surface area contributed by atoms with Crippen molar-refractivity contribution in [1.29, 1.82) is 0 Å². The number of hydrogen-bond acceptors (Lipinski definition) is 4. The molecule has 0 amide bonds. The van der Waals surface area contributed by atoms with E-state index in [0.29, 0.717) is 17.5 Å². The first-order valence-corrected chi connectivity index (χ1v) is 7.69. The predicted molar refractivity (Wildman–Crippen MR) is 68.0 cm³/mol. The number of hydrogen-bond donors (Lipinski definition) is 1. The van der Waals surface area contributed by atoms with Crippen LogP contribution in [0.1, 0.15) is 32.6 Å². The van der Waals surface area contributed by atoms with Gasteiger partial charge in [-0.1, -0.05) is 6.92 Å². The minimum absolute atomic E-state index is 0.0291. The smallest absolute Gasteiger partial charge is 0.344 e. The van der Waals surface area contributed by atoms with Crippen molar-refractivity contribution in [3.8, 4) is 0 Å². The topological polar surface area (TPSA) is 77.0 Å². The van der Waals surface area contributed by atoms with Crippen LogP contribution in [0.3, 0.4) is 0 Å². The molecule has 0 aliphatic carbocycles. The van der Waals surface area contributed by atoms with Gasteiger partial charge in [0.05, 0.1) is 22.7 Å². The molecule has 0 radical (unpaired) electrons. The molecule has 1 fully saturated rings. The standard InChI is InChI=1S/C11H19N3O3S/c1-2-6-14-10(15)12-13-11(14)18(16)8-9-5-3-4-7-17-9/h9H,2-8H2,1H3,(H,12,15)/t9-,18-/m0/s1. The second-order valence-corrected chi connectivity index (χ2v) is 5.85. The summed E-state index contributed by atoms with van der Waals surface area (Å²) in [6.45, 7) is 3.25. The van der Waals surface area contributed by atoms with E-state index in [1.165, 1.54) is 4.57 Å². The van der Waals surface area contributed by atoms with Gasteiger partial charge in [-0.05, 0) is 25.7 Å². The van der Waals surface area contributed by atoms with E-state index in [1.54, 1.807) is 0 Å². The highest BCUT2D eigenvalue weighted by Gasteiger charge is 2.21. The quantitative estimate of drug-likeness (QED) is 0.855. The van der Waals surface area contributed by atoms with E-state index in [-0.39, 0.29) is 11.8 Å². The fourth-order valence-electron chi connectivity index (χ4n) is 2.08. The second-order valence-electron chi connectivity index (χ2n) is 4.46. The highest BCUT2D eigenvalue weighted by molar-refractivity contribution is 7.84. The van der Waals surface area contributed by atoms with Crippen LogP contribution in [0.15, 0.2) is 9.95 Å². The molecule has 6 nitrogen and oxygen atoms in total. The molecular formula is C11H19N3O3S. The molecule has 1 N–H and O–H groups in total. The van der Waals surface area contributed by atoms with Crippen LogP contribution in [0.4, 0.5) is 0 Å². The summed E-state index contributed by atoms with van der Waals surface area (Å²) in [5.74, 6) is 0.425. The van der Waals surface area contributed by atoms with Crippen LogP contribution < -0.4 is 5.69 Å². The van der Waals surface area contributed by atoms with Gasteiger partial charge < -0.3 is 4.74 Å². The van der Waals surface area contributed by atoms with Gasteiger partial charge in [0.15, 0.2) is 0 Å². The molecule has 0 unspecified atom stereocenters. The zero-order valence-corrected chi connectivity index (χ0v) is 11.4. The van der Waals surface area contributed by atoms with E-state index >= 15 is 0 Å². The highest BCUT2D eigenvalue weighted by Crippen LogP contribution is 2.15. The number of aromatic amines is 1. The zero-order chi connectivity index (χ0) is 13.0. The number of ether oxygens (including phenoxy) is 1. The average Bonchev–Trinajstić information content (AvgIpc) is 2.73. The molecule has 2 heterocycles. The minimum atomic E-state index is -1.28. The van der Waals surface area contributed by atoms with Gasteiger partial charge in [0, 0.05) is 13.2 Å². The summed E-state index contributed by atoms with van der Waals surface area (Å²) in [6, 6.07) is 0. The van der Waals surface area contributed by atoms with E-state index in [1.807, 2.05) is 6.92 Å². The summed E-state index contributed by atoms with van der Waals surface area (Å²) < 4.78 is 19.2. The predicted octanol–water partition coefficient (Wildman–Crippen LogP) is 0.658. The van der Waals surface area contributed by atoms with Crippen LogP contribution in [0, 0.1) is 0 Å². The summed E-state index contributed by atoms with van der Waals surface area (Å²) in [4.78, 5) is 11.5. The van der Waals surface area contributed by atoms with Crippen LogP contribution >= 0.6 is 0 Å². The maximum absolute atomic E-state index is 12.2. The Morgan fingerprint density at radius 1 is 1.56 bits per heavy atom. The molecule has 2 rings (SSSR count). The highest BCUT2D eigenvalue weighted by atomic mass is 32.2. The fraction of sp³-hybridized carbons (Fsp3) is 0.818. The summed E-state index contributed by atoms with van der Waals surface area (Å²) in [7, 11) is -1.28. The lowest BCUT2D eigenvalue weighted by molar-refractivity contribution is 0.0309. The van der Waals surface area contributed by atoms with Crippen molar-refractivity contribution >= 4 is 10.8 Å². The van der Waals surface area contributed by atoms with E-state index in [2.05, 4.69) is 10.2 Å². The van der Waals surface area contributed by atoms with Crippen molar-refractivity contribution in [3.05, 3.63) is 10.5 Å². The lowest BCUT2D eigenvalue weighted by Crippen LogP contribution is -2.27. The van der Waals surface area contributed by atoms with Crippen molar-refractivity contribution in [2.45, 2.75) is 50.4 Å². The first kappa shape index (κ1) is 13.5. The first-order valence-electron chi connectivity index (χ1n) is 6.37. The molecule has 0 bridgehead atoms. The third-order valence-electron chi connectivity index (χ3n) is 2.99. The number of nitrogens with zero attached hydrogens (tertiary/aromatic N) is 2. The van der Waals surface area contributed by atoms with Crippen molar-refractivity contribution in [1.82, 2.24) is 14.8 Å². The van der Waals surface area contributed by atoms with E-state index < -0.39 is 10.8 Å². The minimum Gasteiger partial charge on any atom is -0.377 e. The van der Waals surface area contributed by atoms with Crippen LogP contribution in [0.5, 0.6) is 0 Å². The summed E-state index contributed by atoms with van der Waals surface area (Å²) in [6.07, 6.45) is 3.97. The summed E-state index contributed by atoms with van der Waals surface area (Å²) in [5, 5.41) is 6.58. The summed E-state index contributed by atoms with van der Waals surface area (Å²) in [5.41, 5.74) is -0.287. The van der Waals surface area contributed by atoms with Gasteiger partial charge >= 0.3 is 5.69 Å². The average molecular weight is 273 g/mol. The number of rotatable bonds is 5. The maximum atomic E-state index is 12.2. The molecule has 1 aromatic rings. The number of nitrogens with one attached hydrogen (secondary N) is 1. The second kappa shape index (κ2) is 6.29. The molecule has 1 aromatic heterocycles. The molecule has 1 aliphatic rings. The van der Waals surface area contributed by atoms with Crippen LogP contribution in [-0.4, -0.2) is 37.4 Å². The van der Waals surface area contributed by atoms with Gasteiger partial charge in [-0.25, -0.2) is 9.89 Å². The third kappa shape index (κ3) is 3.08.